The van der Waals surface area contributed by atoms with Crippen molar-refractivity contribution in [3.05, 3.63) is 49.2 Å². The van der Waals surface area contributed by atoms with Gasteiger partial charge in [-0.3, -0.25) is 0 Å². The normalized spacial score (nSPS) is 11.8. The van der Waals surface area contributed by atoms with Crippen LogP contribution in [-0.4, -0.2) is 12.3 Å². The van der Waals surface area contributed by atoms with Crippen LogP contribution < -0.4 is 20.9 Å². The maximum absolute atomic E-state index is 11.3. The number of ether oxygens (including phenoxy) is 1. The summed E-state index contributed by atoms with van der Waals surface area (Å²) in [5.41, 5.74) is 0.427. The highest BCUT2D eigenvalue weighted by atomic mass is 79.9. The van der Waals surface area contributed by atoms with Crippen LogP contribution in [0.25, 0.3) is 12.7 Å². The van der Waals surface area contributed by atoms with E-state index in [0.717, 1.165) is 15.8 Å². The van der Waals surface area contributed by atoms with Crippen molar-refractivity contribution in [3.8, 4) is 5.75 Å². The molecule has 0 radical (unpaired) electrons. The molecule has 0 atom stereocenters. The largest absolute Gasteiger partial charge is 0.496 e. The number of benzene rings is 1. The molecule has 5 heteroatoms. The Morgan fingerprint density at radius 2 is 2.29 bits per heavy atom. The van der Waals surface area contributed by atoms with E-state index in [9.17, 15) is 4.79 Å². The summed E-state index contributed by atoms with van der Waals surface area (Å²) in [5.74, 6) is 0.734. The van der Waals surface area contributed by atoms with E-state index in [1.54, 1.807) is 13.2 Å². The number of nitrogens with one attached hydrogen (secondary N) is 1. The summed E-state index contributed by atoms with van der Waals surface area (Å²) in [6, 6.07) is 5.51. The van der Waals surface area contributed by atoms with Crippen LogP contribution in [0.2, 0.25) is 0 Å². The molecule has 17 heavy (non-hydrogen) atoms. The number of aromatic nitrogens is 1. The Hall–Kier alpha value is -1.75. The zero-order valence-electron chi connectivity index (χ0n) is 9.12. The first-order valence-electron chi connectivity index (χ1n) is 4.83. The number of rotatable bonds is 2. The molecular formula is C12H10BrNO3. The van der Waals surface area contributed by atoms with Crippen LogP contribution in [0.15, 0.2) is 32.0 Å². The van der Waals surface area contributed by atoms with Gasteiger partial charge in [0.2, 0.25) is 0 Å². The Morgan fingerprint density at radius 3 is 2.82 bits per heavy atom. The van der Waals surface area contributed by atoms with Gasteiger partial charge in [0, 0.05) is 0 Å². The number of hydrogen-bond acceptors (Lipinski definition) is 3. The summed E-state index contributed by atoms with van der Waals surface area (Å²) in [6.07, 6.45) is 1.70. The summed E-state index contributed by atoms with van der Waals surface area (Å²) >= 11 is 3.38. The van der Waals surface area contributed by atoms with Crippen LogP contribution >= 0.6 is 15.9 Å². The van der Waals surface area contributed by atoms with Gasteiger partial charge in [-0.2, -0.15) is 0 Å². The molecule has 0 fully saturated rings. The fourth-order valence-electron chi connectivity index (χ4n) is 1.43. The summed E-state index contributed by atoms with van der Waals surface area (Å²) < 4.78 is 10.6. The van der Waals surface area contributed by atoms with Crippen LogP contribution in [0, 0.1) is 0 Å². The Kier molecular flexibility index (Phi) is 3.19. The molecule has 0 saturated carbocycles. The third kappa shape index (κ3) is 2.34. The first kappa shape index (κ1) is 11.7. The monoisotopic (exact) mass is 295 g/mol. The quantitative estimate of drug-likeness (QED) is 0.899. The topological polar surface area (TPSA) is 55.2 Å². The van der Waals surface area contributed by atoms with Crippen molar-refractivity contribution in [1.82, 2.24) is 5.16 Å². The number of hydrogen-bond donors (Lipinski definition) is 1. The highest BCUT2D eigenvalue weighted by Crippen LogP contribution is 2.25. The number of H-pyrrole nitrogens is 1. The Labute approximate surface area is 105 Å². The highest BCUT2D eigenvalue weighted by Gasteiger charge is 2.01. The standard InChI is InChI=1S/C12H10BrNO3/c1-7-9(12(15)17-14-7)5-8-3-4-11(16-2)10(13)6-8/h3-6,14H,1H2,2H3. The first-order valence-corrected chi connectivity index (χ1v) is 5.63. The fraction of sp³-hybridized carbons (Fsp3) is 0.0833. The van der Waals surface area contributed by atoms with E-state index in [4.69, 9.17) is 4.74 Å². The molecule has 0 unspecified atom stereocenters. The van der Waals surface area contributed by atoms with Gasteiger partial charge < -0.3 is 9.26 Å². The average molecular weight is 296 g/mol. The van der Waals surface area contributed by atoms with Gasteiger partial charge in [-0.25, -0.2) is 9.95 Å². The highest BCUT2D eigenvalue weighted by molar-refractivity contribution is 9.10. The summed E-state index contributed by atoms with van der Waals surface area (Å²) in [7, 11) is 1.60. The number of aromatic amines is 1. The maximum Gasteiger partial charge on any atom is 0.365 e. The molecule has 2 aromatic rings. The SMILES string of the molecule is C=c1[nH]oc(=O)c1=Cc1ccc(OC)c(Br)c1. The molecule has 0 spiro atoms. The van der Waals surface area contributed by atoms with Crippen LogP contribution in [0.3, 0.4) is 0 Å². The molecule has 1 aromatic carbocycles. The van der Waals surface area contributed by atoms with Gasteiger partial charge in [0.25, 0.3) is 0 Å². The fourth-order valence-corrected chi connectivity index (χ4v) is 1.98. The minimum Gasteiger partial charge on any atom is -0.496 e. The lowest BCUT2D eigenvalue weighted by Gasteiger charge is -2.02. The van der Waals surface area contributed by atoms with Gasteiger partial charge in [-0.05, 0) is 39.7 Å². The van der Waals surface area contributed by atoms with Crippen molar-refractivity contribution in [3.63, 3.8) is 0 Å². The van der Waals surface area contributed by atoms with E-state index in [2.05, 4.69) is 32.2 Å². The zero-order chi connectivity index (χ0) is 12.4. The minimum atomic E-state index is -0.429. The van der Waals surface area contributed by atoms with Gasteiger partial charge >= 0.3 is 5.63 Å². The molecule has 4 nitrogen and oxygen atoms in total. The number of halogens is 1. The molecule has 88 valence electrons. The van der Waals surface area contributed by atoms with Crippen molar-refractivity contribution in [2.45, 2.75) is 0 Å². The Morgan fingerprint density at radius 1 is 1.53 bits per heavy atom. The molecule has 1 aromatic heterocycles. The molecular weight excluding hydrogens is 286 g/mol. The molecule has 1 heterocycles. The van der Waals surface area contributed by atoms with Crippen molar-refractivity contribution < 1.29 is 9.26 Å². The van der Waals surface area contributed by atoms with Gasteiger partial charge in [0.05, 0.1) is 22.2 Å². The average Bonchev–Trinajstić information content (AvgIpc) is 2.61. The number of methoxy groups -OCH3 is 1. The molecule has 0 aliphatic rings. The van der Waals surface area contributed by atoms with Crippen molar-refractivity contribution in [2.24, 2.45) is 0 Å². The maximum atomic E-state index is 11.3. The van der Waals surface area contributed by atoms with Crippen LogP contribution in [0.5, 0.6) is 5.75 Å². The van der Waals surface area contributed by atoms with Crippen LogP contribution in [0.1, 0.15) is 5.56 Å². The predicted octanol–water partition coefficient (Wildman–Crippen LogP) is 0.978. The lowest BCUT2D eigenvalue weighted by Crippen LogP contribution is -2.31. The second kappa shape index (κ2) is 4.63. The minimum absolute atomic E-state index is 0.419. The van der Waals surface area contributed by atoms with Gasteiger partial charge in [0.1, 0.15) is 5.75 Å². The molecule has 2 rings (SSSR count). The van der Waals surface area contributed by atoms with Crippen LogP contribution in [0.4, 0.5) is 0 Å². The zero-order valence-corrected chi connectivity index (χ0v) is 10.7. The summed E-state index contributed by atoms with van der Waals surface area (Å²) in [4.78, 5) is 11.3. The van der Waals surface area contributed by atoms with E-state index in [0.29, 0.717) is 10.6 Å². The Bertz CT molecular complexity index is 669. The lowest BCUT2D eigenvalue weighted by molar-refractivity contribution is 0.386. The molecule has 0 saturated heterocycles. The van der Waals surface area contributed by atoms with E-state index < -0.39 is 5.63 Å². The Balaban J connectivity index is 2.58. The van der Waals surface area contributed by atoms with Gasteiger partial charge in [-0.15, -0.1) is 0 Å². The van der Waals surface area contributed by atoms with Crippen molar-refractivity contribution in [1.29, 1.82) is 0 Å². The van der Waals surface area contributed by atoms with Crippen molar-refractivity contribution >= 4 is 28.6 Å². The second-order valence-electron chi connectivity index (χ2n) is 3.42. The third-order valence-electron chi connectivity index (χ3n) is 2.30. The molecule has 0 aliphatic heterocycles. The molecule has 0 aliphatic carbocycles. The first-order chi connectivity index (χ1) is 8.11. The summed E-state index contributed by atoms with van der Waals surface area (Å²) in [6.45, 7) is 3.68. The van der Waals surface area contributed by atoms with Gasteiger partial charge in [0.15, 0.2) is 0 Å². The van der Waals surface area contributed by atoms with E-state index in [1.807, 2.05) is 18.2 Å². The lowest BCUT2D eigenvalue weighted by atomic mass is 10.2. The second-order valence-corrected chi connectivity index (χ2v) is 4.28. The third-order valence-corrected chi connectivity index (χ3v) is 2.92. The smallest absolute Gasteiger partial charge is 0.365 e. The van der Waals surface area contributed by atoms with Crippen molar-refractivity contribution in [2.75, 3.05) is 7.11 Å². The molecule has 0 bridgehead atoms. The predicted molar refractivity (Wildman–Crippen MR) is 68.4 cm³/mol. The summed E-state index contributed by atoms with van der Waals surface area (Å²) in [5, 5.41) is 3.31. The van der Waals surface area contributed by atoms with Crippen LogP contribution in [-0.2, 0) is 0 Å². The van der Waals surface area contributed by atoms with E-state index in [1.165, 1.54) is 0 Å². The van der Waals surface area contributed by atoms with E-state index in [-0.39, 0.29) is 0 Å². The molecule has 1 N–H and O–H groups in total. The van der Waals surface area contributed by atoms with Gasteiger partial charge in [-0.1, -0.05) is 12.6 Å². The molecule has 0 amide bonds. The van der Waals surface area contributed by atoms with E-state index >= 15 is 0 Å².